The molecule has 0 spiro atoms. The van der Waals surface area contributed by atoms with Gasteiger partial charge in [-0.3, -0.25) is 19.8 Å². The minimum atomic E-state index is -0.308. The first-order valence-electron chi connectivity index (χ1n) is 10.8. The van der Waals surface area contributed by atoms with Crippen molar-refractivity contribution in [2.45, 2.75) is 18.4 Å². The van der Waals surface area contributed by atoms with Gasteiger partial charge in [0.1, 0.15) is 5.75 Å². The first kappa shape index (κ1) is 23.5. The molecule has 178 valence electrons. The Balaban J connectivity index is 1.43. The summed E-state index contributed by atoms with van der Waals surface area (Å²) in [7, 11) is 1.59. The van der Waals surface area contributed by atoms with Gasteiger partial charge in [-0.25, -0.2) is 4.79 Å². The molecule has 0 unspecified atom stereocenters. The Kier molecular flexibility index (Phi) is 7.61. The van der Waals surface area contributed by atoms with Crippen LogP contribution < -0.4 is 20.7 Å². The van der Waals surface area contributed by atoms with Crippen LogP contribution in [0, 0.1) is 0 Å². The number of hydrogen-bond acceptors (Lipinski definition) is 6. The summed E-state index contributed by atoms with van der Waals surface area (Å²) in [4.78, 5) is 31.8. The lowest BCUT2D eigenvalue weighted by molar-refractivity contribution is -0.117. The number of nitrogens with one attached hydrogen (secondary N) is 4. The Bertz CT molecular complexity index is 1090. The third-order valence-corrected chi connectivity index (χ3v) is 5.89. The van der Waals surface area contributed by atoms with E-state index in [2.05, 4.69) is 36.0 Å². The largest absolute Gasteiger partial charge is 0.495 e. The number of halogens is 1. The standard InChI is InChI=1S/C23H26ClN7O3/c1-34-18-6-7-20(25-12-18)19-13-31(14-22(32)28-17-10-26-27-11-17)9-8-21(19)30-23(33)29-16-4-2-15(24)3-5-16/h2-7,10-12,19,21H,8-9,13-14H2,1H3,(H,26,27)(H,28,32)(H2,29,30,33)/t19-,21+/m0/s1. The molecule has 1 aliphatic heterocycles. The molecule has 1 aromatic carbocycles. The van der Waals surface area contributed by atoms with Crippen molar-refractivity contribution < 1.29 is 14.3 Å². The zero-order valence-corrected chi connectivity index (χ0v) is 19.4. The van der Waals surface area contributed by atoms with Gasteiger partial charge in [0.2, 0.25) is 5.91 Å². The van der Waals surface area contributed by atoms with Crippen molar-refractivity contribution in [3.8, 4) is 5.75 Å². The predicted octanol–water partition coefficient (Wildman–Crippen LogP) is 3.09. The molecule has 3 aromatic rings. The second-order valence-corrected chi connectivity index (χ2v) is 8.44. The second-order valence-electron chi connectivity index (χ2n) is 8.00. The predicted molar refractivity (Wildman–Crippen MR) is 129 cm³/mol. The number of urea groups is 1. The van der Waals surface area contributed by atoms with Crippen molar-refractivity contribution in [1.82, 2.24) is 25.4 Å². The summed E-state index contributed by atoms with van der Waals surface area (Å²) in [6.45, 7) is 1.43. The lowest BCUT2D eigenvalue weighted by Gasteiger charge is -2.38. The van der Waals surface area contributed by atoms with Crippen LogP contribution in [0.5, 0.6) is 5.75 Å². The maximum absolute atomic E-state index is 12.7. The van der Waals surface area contributed by atoms with Crippen molar-refractivity contribution in [2.75, 3.05) is 37.4 Å². The monoisotopic (exact) mass is 483 g/mol. The molecular weight excluding hydrogens is 458 g/mol. The number of pyridine rings is 1. The van der Waals surface area contributed by atoms with Crippen LogP contribution in [0.4, 0.5) is 16.2 Å². The van der Waals surface area contributed by atoms with E-state index in [4.69, 9.17) is 16.3 Å². The number of aromatic amines is 1. The Morgan fingerprint density at radius 3 is 2.65 bits per heavy atom. The number of methoxy groups -OCH3 is 1. The number of ether oxygens (including phenoxy) is 1. The van der Waals surface area contributed by atoms with Gasteiger partial charge in [-0.2, -0.15) is 5.10 Å². The van der Waals surface area contributed by atoms with Gasteiger partial charge in [-0.1, -0.05) is 11.6 Å². The fourth-order valence-corrected chi connectivity index (χ4v) is 4.09. The molecule has 0 aliphatic carbocycles. The van der Waals surface area contributed by atoms with Gasteiger partial charge in [0.05, 0.1) is 31.7 Å². The number of carbonyl (C=O) groups excluding carboxylic acids is 2. The second kappa shape index (κ2) is 11.0. The Morgan fingerprint density at radius 2 is 1.97 bits per heavy atom. The zero-order valence-electron chi connectivity index (χ0n) is 18.6. The minimum absolute atomic E-state index is 0.114. The number of hydrogen-bond donors (Lipinski definition) is 4. The number of aromatic nitrogens is 3. The van der Waals surface area contributed by atoms with Crippen LogP contribution in [-0.4, -0.2) is 64.8 Å². The Hall–Kier alpha value is -3.63. The number of anilines is 2. The lowest BCUT2D eigenvalue weighted by atomic mass is 9.88. The van der Waals surface area contributed by atoms with E-state index in [1.807, 2.05) is 12.1 Å². The maximum Gasteiger partial charge on any atom is 0.319 e. The average molecular weight is 484 g/mol. The number of nitrogens with zero attached hydrogens (tertiary/aromatic N) is 3. The number of carbonyl (C=O) groups is 2. The molecule has 0 bridgehead atoms. The molecule has 10 nitrogen and oxygen atoms in total. The van der Waals surface area contributed by atoms with Gasteiger partial charge in [-0.05, 0) is 42.8 Å². The molecule has 3 amide bonds. The number of piperidine rings is 1. The minimum Gasteiger partial charge on any atom is -0.495 e. The van der Waals surface area contributed by atoms with Gasteiger partial charge >= 0.3 is 6.03 Å². The van der Waals surface area contributed by atoms with Crippen LogP contribution in [-0.2, 0) is 4.79 Å². The number of benzene rings is 1. The smallest absolute Gasteiger partial charge is 0.319 e. The molecule has 1 saturated heterocycles. The third kappa shape index (κ3) is 6.24. The van der Waals surface area contributed by atoms with E-state index in [9.17, 15) is 9.59 Å². The van der Waals surface area contributed by atoms with Crippen molar-refractivity contribution in [3.63, 3.8) is 0 Å². The molecule has 2 atom stereocenters. The van der Waals surface area contributed by atoms with Gasteiger partial charge in [0.15, 0.2) is 0 Å². The van der Waals surface area contributed by atoms with Crippen molar-refractivity contribution in [3.05, 3.63) is 65.7 Å². The fourth-order valence-electron chi connectivity index (χ4n) is 3.96. The SMILES string of the molecule is COc1ccc([C@@H]2CN(CC(=O)Nc3cn[nH]c3)CC[C@H]2NC(=O)Nc2ccc(Cl)cc2)nc1. The molecular formula is C23H26ClN7O3. The van der Waals surface area contributed by atoms with Crippen molar-refractivity contribution in [2.24, 2.45) is 0 Å². The first-order valence-corrected chi connectivity index (χ1v) is 11.2. The summed E-state index contributed by atoms with van der Waals surface area (Å²) in [6, 6.07) is 10.2. The van der Waals surface area contributed by atoms with Gasteiger partial charge in [0, 0.05) is 47.7 Å². The zero-order chi connectivity index (χ0) is 23.9. The average Bonchev–Trinajstić information content (AvgIpc) is 3.34. The van der Waals surface area contributed by atoms with Gasteiger partial charge in [-0.15, -0.1) is 0 Å². The molecule has 1 aliphatic rings. The van der Waals surface area contributed by atoms with Crippen LogP contribution in [0.25, 0.3) is 0 Å². The highest BCUT2D eigenvalue weighted by molar-refractivity contribution is 6.30. The van der Waals surface area contributed by atoms with Crippen molar-refractivity contribution in [1.29, 1.82) is 0 Å². The molecule has 2 aromatic heterocycles. The van der Waals surface area contributed by atoms with Crippen LogP contribution in [0.1, 0.15) is 18.0 Å². The van der Waals surface area contributed by atoms with E-state index < -0.39 is 0 Å². The molecule has 0 radical (unpaired) electrons. The molecule has 11 heteroatoms. The van der Waals surface area contributed by atoms with Crippen molar-refractivity contribution >= 4 is 34.9 Å². The molecule has 3 heterocycles. The molecule has 4 N–H and O–H groups in total. The summed E-state index contributed by atoms with van der Waals surface area (Å²) in [5.41, 5.74) is 2.08. The first-order chi connectivity index (χ1) is 16.5. The number of H-pyrrole nitrogens is 1. The highest BCUT2D eigenvalue weighted by Crippen LogP contribution is 2.27. The van der Waals surface area contributed by atoms with Gasteiger partial charge in [0.25, 0.3) is 0 Å². The number of amides is 3. The van der Waals surface area contributed by atoms with Crippen LogP contribution in [0.15, 0.2) is 55.0 Å². The van der Waals surface area contributed by atoms with E-state index in [-0.39, 0.29) is 30.4 Å². The summed E-state index contributed by atoms with van der Waals surface area (Å²) >= 11 is 5.92. The molecule has 0 saturated carbocycles. The Morgan fingerprint density at radius 1 is 1.15 bits per heavy atom. The maximum atomic E-state index is 12.7. The molecule has 4 rings (SSSR count). The van der Waals surface area contributed by atoms with Crippen LogP contribution in [0.3, 0.4) is 0 Å². The number of likely N-dealkylation sites (tertiary alicyclic amines) is 1. The van der Waals surface area contributed by atoms with Crippen LogP contribution >= 0.6 is 11.6 Å². The van der Waals surface area contributed by atoms with E-state index >= 15 is 0 Å². The quantitative estimate of drug-likeness (QED) is 0.409. The van der Waals surface area contributed by atoms with E-state index in [1.54, 1.807) is 50.0 Å². The van der Waals surface area contributed by atoms with Gasteiger partial charge < -0.3 is 20.7 Å². The fraction of sp³-hybridized carbons (Fsp3) is 0.304. The Labute approximate surface area is 202 Å². The highest BCUT2D eigenvalue weighted by atomic mass is 35.5. The summed E-state index contributed by atoms with van der Waals surface area (Å²) < 4.78 is 5.22. The molecule has 1 fully saturated rings. The van der Waals surface area contributed by atoms with E-state index in [1.165, 1.54) is 0 Å². The van der Waals surface area contributed by atoms with E-state index in [0.717, 1.165) is 5.69 Å². The third-order valence-electron chi connectivity index (χ3n) is 5.64. The molecule has 34 heavy (non-hydrogen) atoms. The topological polar surface area (TPSA) is 124 Å². The summed E-state index contributed by atoms with van der Waals surface area (Å²) in [5, 5.41) is 15.8. The lowest BCUT2D eigenvalue weighted by Crippen LogP contribution is -2.52. The summed E-state index contributed by atoms with van der Waals surface area (Å²) in [6.07, 6.45) is 5.49. The van der Waals surface area contributed by atoms with E-state index in [0.29, 0.717) is 41.7 Å². The summed E-state index contributed by atoms with van der Waals surface area (Å²) in [5.74, 6) is 0.410. The normalized spacial score (nSPS) is 18.2. The van der Waals surface area contributed by atoms with Crippen LogP contribution in [0.2, 0.25) is 5.02 Å². The number of rotatable bonds is 7. The highest BCUT2D eigenvalue weighted by Gasteiger charge is 2.33.